The van der Waals surface area contributed by atoms with Crippen molar-refractivity contribution in [2.24, 2.45) is 0 Å². The zero-order chi connectivity index (χ0) is 33.0. The molecule has 2 aliphatic heterocycles. The Morgan fingerprint density at radius 1 is 0.216 bits per heavy atom. The number of hydrogen-bond donors (Lipinski definition) is 0. The van der Waals surface area contributed by atoms with Crippen LogP contribution in [0.25, 0.3) is 55.6 Å². The number of hydrogen-bond acceptors (Lipinski definition) is 2. The first-order valence-electron chi connectivity index (χ1n) is 17.2. The fraction of sp³-hybridized carbons (Fsp3) is 0. The molecule has 0 amide bonds. The number of rotatable bonds is 3. The van der Waals surface area contributed by atoms with Crippen molar-refractivity contribution in [3.05, 3.63) is 194 Å². The molecule has 0 spiro atoms. The van der Waals surface area contributed by atoms with E-state index in [1.54, 1.807) is 0 Å². The molecule has 10 rings (SSSR count). The van der Waals surface area contributed by atoms with E-state index < -0.39 is 0 Å². The Labute approximate surface area is 310 Å². The maximum Gasteiger partial charge on any atom is 0.0540 e. The molecule has 239 valence electrons. The fourth-order valence-electron chi connectivity index (χ4n) is 7.91. The molecule has 0 aromatic heterocycles. The van der Waals surface area contributed by atoms with Gasteiger partial charge in [0.1, 0.15) is 0 Å². The molecule has 0 N–H and O–H groups in total. The van der Waals surface area contributed by atoms with Crippen molar-refractivity contribution in [2.45, 2.75) is 0 Å². The van der Waals surface area contributed by atoms with E-state index >= 15 is 0 Å². The predicted octanol–water partition coefficient (Wildman–Crippen LogP) is 13.6. The van der Waals surface area contributed by atoms with Gasteiger partial charge < -0.3 is 9.80 Å². The summed E-state index contributed by atoms with van der Waals surface area (Å²) in [5.74, 6) is 0. The minimum absolute atomic E-state index is 0. The minimum Gasteiger partial charge on any atom is -0.309 e. The van der Waals surface area contributed by atoms with Crippen molar-refractivity contribution in [2.75, 3.05) is 9.80 Å². The molecule has 1 radical (unpaired) electrons. The summed E-state index contributed by atoms with van der Waals surface area (Å²) in [7, 11) is 0. The average Bonchev–Trinajstić information content (AvgIpc) is 3.40. The van der Waals surface area contributed by atoms with Crippen LogP contribution in [0.5, 0.6) is 0 Å². The van der Waals surface area contributed by atoms with Gasteiger partial charge in [-0.25, -0.2) is 0 Å². The second-order valence-corrected chi connectivity index (χ2v) is 12.9. The zero-order valence-corrected chi connectivity index (χ0v) is 29.2. The Morgan fingerprint density at radius 2 is 0.431 bits per heavy atom. The van der Waals surface area contributed by atoms with Crippen LogP contribution in [0.1, 0.15) is 0 Å². The van der Waals surface area contributed by atoms with Gasteiger partial charge in [0.05, 0.1) is 22.7 Å². The molecule has 2 heterocycles. The van der Waals surface area contributed by atoms with Gasteiger partial charge in [-0.3, -0.25) is 0 Å². The summed E-state index contributed by atoms with van der Waals surface area (Å²) in [6.45, 7) is 0. The number of anilines is 6. The molecule has 8 aromatic carbocycles. The van der Waals surface area contributed by atoms with Gasteiger partial charge in [-0.1, -0.05) is 146 Å². The van der Waals surface area contributed by atoms with Crippen molar-refractivity contribution in [1.29, 1.82) is 0 Å². The van der Waals surface area contributed by atoms with Crippen molar-refractivity contribution >= 4 is 34.1 Å². The second-order valence-electron chi connectivity index (χ2n) is 12.9. The molecule has 0 saturated carbocycles. The standard InChI is InChI=1S/C48H32N2.V/c1-2-14-38-37(13-1)41-17-5-9-21-45(41)49(46-22-10-6-18-42(38)46)35-29-25-33(26-30-35)34-27-31-36(32-28-34)50-47-23-11-7-19-43(47)39-15-3-4-16-40(39)44-20-8-12-24-48(44)50;/h1-32H;. The molecule has 0 fully saturated rings. The van der Waals surface area contributed by atoms with Crippen molar-refractivity contribution in [3.8, 4) is 55.6 Å². The van der Waals surface area contributed by atoms with Gasteiger partial charge in [-0.15, -0.1) is 0 Å². The number of fused-ring (bicyclic) bond motifs is 10. The molecule has 0 aliphatic carbocycles. The summed E-state index contributed by atoms with van der Waals surface area (Å²) in [5, 5.41) is 0. The Hall–Kier alpha value is -6.06. The van der Waals surface area contributed by atoms with Crippen LogP contribution in [-0.2, 0) is 18.6 Å². The quantitative estimate of drug-likeness (QED) is 0.182. The van der Waals surface area contributed by atoms with E-state index in [-0.39, 0.29) is 18.6 Å². The van der Waals surface area contributed by atoms with Crippen LogP contribution < -0.4 is 9.80 Å². The third kappa shape index (κ3) is 5.03. The van der Waals surface area contributed by atoms with Gasteiger partial charge in [0.2, 0.25) is 0 Å². The molecule has 0 atom stereocenters. The van der Waals surface area contributed by atoms with Gasteiger partial charge in [0, 0.05) is 52.2 Å². The average molecular weight is 688 g/mol. The van der Waals surface area contributed by atoms with E-state index in [4.69, 9.17) is 0 Å². The van der Waals surface area contributed by atoms with Crippen LogP contribution in [-0.4, -0.2) is 0 Å². The van der Waals surface area contributed by atoms with Gasteiger partial charge >= 0.3 is 0 Å². The smallest absolute Gasteiger partial charge is 0.0540 e. The number of para-hydroxylation sites is 4. The zero-order valence-electron chi connectivity index (χ0n) is 27.8. The summed E-state index contributed by atoms with van der Waals surface area (Å²) < 4.78 is 0. The maximum atomic E-state index is 2.41. The first-order valence-corrected chi connectivity index (χ1v) is 17.2. The summed E-state index contributed by atoms with van der Waals surface area (Å²) in [5.41, 5.74) is 19.3. The van der Waals surface area contributed by atoms with Crippen LogP contribution in [0.3, 0.4) is 0 Å². The van der Waals surface area contributed by atoms with Crippen LogP contribution >= 0.6 is 0 Å². The van der Waals surface area contributed by atoms with E-state index in [1.165, 1.54) is 78.4 Å². The Kier molecular flexibility index (Phi) is 7.70. The normalized spacial score (nSPS) is 12.1. The largest absolute Gasteiger partial charge is 0.309 e. The molecule has 51 heavy (non-hydrogen) atoms. The molecule has 8 aromatic rings. The SMILES string of the molecule is [V].c1ccc2c(c1)-c1ccccc1N(c1ccc(-c3ccc(N4c5ccccc5-c5ccccc5-c5ccccc54)cc3)cc1)c1ccccc1-2. The Morgan fingerprint density at radius 3 is 0.686 bits per heavy atom. The molecule has 3 heteroatoms. The third-order valence-corrected chi connectivity index (χ3v) is 10.2. The summed E-state index contributed by atoms with van der Waals surface area (Å²) in [6.07, 6.45) is 0. The molecule has 0 bridgehead atoms. The molecular weight excluding hydrogens is 655 g/mol. The molecule has 2 nitrogen and oxygen atoms in total. The van der Waals surface area contributed by atoms with E-state index in [1.807, 2.05) is 0 Å². The van der Waals surface area contributed by atoms with Crippen molar-refractivity contribution < 1.29 is 18.6 Å². The molecular formula is C48H32N2V. The third-order valence-electron chi connectivity index (χ3n) is 10.2. The predicted molar refractivity (Wildman–Crippen MR) is 210 cm³/mol. The van der Waals surface area contributed by atoms with Gasteiger partial charge in [-0.05, 0) is 81.9 Å². The van der Waals surface area contributed by atoms with Gasteiger partial charge in [0.15, 0.2) is 0 Å². The van der Waals surface area contributed by atoms with Gasteiger partial charge in [-0.2, -0.15) is 0 Å². The summed E-state index contributed by atoms with van der Waals surface area (Å²) in [4.78, 5) is 4.81. The molecule has 0 saturated heterocycles. The summed E-state index contributed by atoms with van der Waals surface area (Å²) >= 11 is 0. The van der Waals surface area contributed by atoms with E-state index in [9.17, 15) is 0 Å². The first-order chi connectivity index (χ1) is 24.8. The second kappa shape index (κ2) is 12.7. The van der Waals surface area contributed by atoms with Crippen LogP contribution in [0.4, 0.5) is 34.1 Å². The van der Waals surface area contributed by atoms with Crippen LogP contribution in [0.2, 0.25) is 0 Å². The Balaban J connectivity index is 0.00000348. The van der Waals surface area contributed by atoms with Crippen molar-refractivity contribution in [3.63, 3.8) is 0 Å². The Bertz CT molecular complexity index is 2240. The molecule has 2 aliphatic rings. The number of benzene rings is 8. The monoisotopic (exact) mass is 687 g/mol. The summed E-state index contributed by atoms with van der Waals surface area (Å²) in [6, 6.07) is 70.5. The topological polar surface area (TPSA) is 6.48 Å². The first kappa shape index (κ1) is 31.0. The van der Waals surface area contributed by atoms with Crippen LogP contribution in [0.15, 0.2) is 194 Å². The maximum absolute atomic E-state index is 2.41. The minimum atomic E-state index is 0. The molecule has 0 unspecified atom stereocenters. The van der Waals surface area contributed by atoms with E-state index in [0.29, 0.717) is 0 Å². The van der Waals surface area contributed by atoms with Gasteiger partial charge in [0.25, 0.3) is 0 Å². The van der Waals surface area contributed by atoms with E-state index in [0.717, 1.165) is 11.4 Å². The fourth-order valence-corrected chi connectivity index (χ4v) is 7.91. The van der Waals surface area contributed by atoms with Crippen molar-refractivity contribution in [1.82, 2.24) is 0 Å². The number of nitrogens with zero attached hydrogens (tertiary/aromatic N) is 2. The van der Waals surface area contributed by atoms with Crippen LogP contribution in [0, 0.1) is 0 Å². The van der Waals surface area contributed by atoms with E-state index in [2.05, 4.69) is 204 Å².